The summed E-state index contributed by atoms with van der Waals surface area (Å²) in [5.41, 5.74) is 0. The van der Waals surface area contributed by atoms with Crippen molar-refractivity contribution in [3.05, 3.63) is 0 Å². The van der Waals surface area contributed by atoms with E-state index in [1.165, 1.54) is 35.8 Å². The molecule has 7 heavy (non-hydrogen) atoms. The second-order valence-corrected chi connectivity index (χ2v) is 2.03. The summed E-state index contributed by atoms with van der Waals surface area (Å²) in [6.45, 7) is 3.12. The smallest absolute Gasteiger partial charge is 0 e. The van der Waals surface area contributed by atoms with Crippen molar-refractivity contribution in [2.75, 3.05) is 6.61 Å². The summed E-state index contributed by atoms with van der Waals surface area (Å²) in [4.78, 5) is 0. The van der Waals surface area contributed by atoms with Crippen LogP contribution in [0.15, 0.2) is 0 Å². The van der Waals surface area contributed by atoms with Gasteiger partial charge in [-0.25, -0.2) is 0 Å². The topological polar surface area (TPSA) is 9.23 Å². The third kappa shape index (κ3) is 11.2. The van der Waals surface area contributed by atoms with Gasteiger partial charge in [0.05, 0.1) is 0 Å². The molecule has 0 unspecified atom stereocenters. The van der Waals surface area contributed by atoms with Crippen LogP contribution in [0.4, 0.5) is 0 Å². The van der Waals surface area contributed by atoms with Crippen LogP contribution in [0.2, 0.25) is 0 Å². The fourth-order valence-electron chi connectivity index (χ4n) is 0.217. The van der Waals surface area contributed by atoms with Gasteiger partial charge in [0.1, 0.15) is 0 Å². The summed E-state index contributed by atoms with van der Waals surface area (Å²) in [5.74, 6) is 0. The molecule has 0 fully saturated rings. The van der Waals surface area contributed by atoms with Crippen molar-refractivity contribution in [2.45, 2.75) is 19.8 Å². The molecule has 1 nitrogen and oxygen atoms in total. The van der Waals surface area contributed by atoms with Crippen molar-refractivity contribution in [2.24, 2.45) is 0 Å². The van der Waals surface area contributed by atoms with Crippen molar-refractivity contribution in [3.63, 3.8) is 0 Å². The van der Waals surface area contributed by atoms with Crippen molar-refractivity contribution < 1.29 is 3.07 Å². The molecule has 0 bridgehead atoms. The van der Waals surface area contributed by atoms with Crippen LogP contribution in [-0.2, 0) is 3.07 Å². The number of hydrogen-bond donors (Lipinski definition) is 0. The maximum Gasteiger partial charge on any atom is 0 e. The Morgan fingerprint density at radius 1 is 1.57 bits per heavy atom. The SMILES string of the molecule is CCCC[O][Sn].[Sn]. The van der Waals surface area contributed by atoms with Crippen molar-refractivity contribution >= 4 is 46.8 Å². The summed E-state index contributed by atoms with van der Waals surface area (Å²) < 4.78 is 4.87. The summed E-state index contributed by atoms with van der Waals surface area (Å²) in [5, 5.41) is 0. The minimum atomic E-state index is 0. The van der Waals surface area contributed by atoms with Crippen LogP contribution in [0.3, 0.4) is 0 Å². The molecule has 0 rings (SSSR count). The molecule has 0 saturated carbocycles. The Bertz CT molecular complexity index is 21.7. The Balaban J connectivity index is 0. The zero-order valence-corrected chi connectivity index (χ0v) is 10.2. The summed E-state index contributed by atoms with van der Waals surface area (Å²) in [7, 11) is 0. The van der Waals surface area contributed by atoms with Crippen LogP contribution < -0.4 is 0 Å². The van der Waals surface area contributed by atoms with Gasteiger partial charge in [-0.05, 0) is 0 Å². The van der Waals surface area contributed by atoms with E-state index in [2.05, 4.69) is 6.92 Å². The Hall–Kier alpha value is 1.56. The van der Waals surface area contributed by atoms with E-state index in [1.54, 1.807) is 0 Å². The first-order valence-corrected chi connectivity index (χ1v) is 3.37. The van der Waals surface area contributed by atoms with Crippen LogP contribution in [0.1, 0.15) is 19.8 Å². The Morgan fingerprint density at radius 3 is 2.29 bits per heavy atom. The van der Waals surface area contributed by atoms with Gasteiger partial charge in [-0.1, -0.05) is 0 Å². The maximum absolute atomic E-state index is 4.87. The molecule has 0 atom stereocenters. The zero-order chi connectivity index (χ0) is 4.83. The molecule has 0 N–H and O–H groups in total. The second-order valence-electron chi connectivity index (χ2n) is 1.20. The molecule has 0 saturated heterocycles. The third-order valence-corrected chi connectivity index (χ3v) is 1.18. The predicted octanol–water partition coefficient (Wildman–Crippen LogP) is 0.506. The van der Waals surface area contributed by atoms with Crippen molar-refractivity contribution in [3.8, 4) is 0 Å². The first-order valence-electron chi connectivity index (χ1n) is 2.20. The molecule has 0 aliphatic carbocycles. The van der Waals surface area contributed by atoms with Crippen LogP contribution in [-0.4, -0.2) is 53.5 Å². The molecule has 0 heterocycles. The van der Waals surface area contributed by atoms with E-state index in [1.807, 2.05) is 0 Å². The van der Waals surface area contributed by atoms with Gasteiger partial charge in [-0.3, -0.25) is 0 Å². The Morgan fingerprint density at radius 2 is 2.14 bits per heavy atom. The molecule has 0 amide bonds. The van der Waals surface area contributed by atoms with E-state index in [0.29, 0.717) is 0 Å². The van der Waals surface area contributed by atoms with E-state index in [0.717, 1.165) is 6.61 Å². The zero-order valence-electron chi connectivity index (χ0n) is 4.53. The van der Waals surface area contributed by atoms with Gasteiger partial charge in [0, 0.05) is 23.9 Å². The molecule has 0 aromatic carbocycles. The van der Waals surface area contributed by atoms with Gasteiger partial charge in [-0.15, -0.1) is 0 Å². The van der Waals surface area contributed by atoms with Gasteiger partial charge >= 0.3 is 52.4 Å². The fourth-order valence-corrected chi connectivity index (χ4v) is 0.628. The number of hydrogen-bond acceptors (Lipinski definition) is 1. The quantitative estimate of drug-likeness (QED) is 0.545. The molecule has 0 aliphatic rings. The third-order valence-electron chi connectivity index (χ3n) is 0.600. The summed E-state index contributed by atoms with van der Waals surface area (Å²) in [6.07, 6.45) is 2.46. The maximum atomic E-state index is 4.87. The van der Waals surface area contributed by atoms with Crippen LogP contribution in [0.5, 0.6) is 0 Å². The first-order chi connectivity index (χ1) is 2.91. The van der Waals surface area contributed by atoms with Crippen molar-refractivity contribution in [1.82, 2.24) is 0 Å². The number of rotatable bonds is 3. The monoisotopic (exact) mass is 313 g/mol. The minimum Gasteiger partial charge on any atom is 0 e. The molecule has 0 spiro atoms. The van der Waals surface area contributed by atoms with Crippen LogP contribution >= 0.6 is 0 Å². The van der Waals surface area contributed by atoms with Gasteiger partial charge in [0.25, 0.3) is 0 Å². The molecular weight excluding hydrogens is 301 g/mol. The molecule has 0 aliphatic heterocycles. The molecule has 39 valence electrons. The largest absolute Gasteiger partial charge is 0 e. The second kappa shape index (κ2) is 10.5. The molecule has 7 radical (unpaired) electrons. The van der Waals surface area contributed by atoms with Crippen LogP contribution in [0.25, 0.3) is 0 Å². The number of unbranched alkanes of at least 4 members (excludes halogenated alkanes) is 1. The summed E-state index contributed by atoms with van der Waals surface area (Å²) >= 11 is 1.19. The standard InChI is InChI=1S/C4H9O.2Sn/c1-2-3-4-5;;/h2-4H2,1H3;;/q-1;;+1. The average molecular weight is 311 g/mol. The Labute approximate surface area is 75.8 Å². The molecule has 0 aromatic rings. The van der Waals surface area contributed by atoms with E-state index in [4.69, 9.17) is 3.07 Å². The van der Waals surface area contributed by atoms with E-state index >= 15 is 0 Å². The minimum absolute atomic E-state index is 0. The first kappa shape index (κ1) is 11.4. The van der Waals surface area contributed by atoms with E-state index < -0.39 is 0 Å². The molecule has 3 heteroatoms. The fraction of sp³-hybridized carbons (Fsp3) is 1.00. The molecule has 0 aromatic heterocycles. The predicted molar refractivity (Wildman–Crippen MR) is 32.4 cm³/mol. The normalized spacial score (nSPS) is 7.71. The Kier molecular flexibility index (Phi) is 17.1. The van der Waals surface area contributed by atoms with Gasteiger partial charge in [0.15, 0.2) is 0 Å². The molecular formula is C4H9OSn2. The van der Waals surface area contributed by atoms with E-state index in [9.17, 15) is 0 Å². The van der Waals surface area contributed by atoms with Crippen molar-refractivity contribution in [1.29, 1.82) is 0 Å². The van der Waals surface area contributed by atoms with E-state index in [-0.39, 0.29) is 23.9 Å². The van der Waals surface area contributed by atoms with Crippen LogP contribution in [0, 0.1) is 0 Å². The van der Waals surface area contributed by atoms with Gasteiger partial charge in [0.2, 0.25) is 0 Å². The van der Waals surface area contributed by atoms with Gasteiger partial charge < -0.3 is 0 Å². The van der Waals surface area contributed by atoms with Gasteiger partial charge in [-0.2, -0.15) is 0 Å². The average Bonchev–Trinajstić information content (AvgIpc) is 1.61. The summed E-state index contributed by atoms with van der Waals surface area (Å²) in [6, 6.07) is 0.